The van der Waals surface area contributed by atoms with E-state index < -0.39 is 12.0 Å². The molecule has 2 aliphatic carbocycles. The number of carbonyl (C=O) groups excluding carboxylic acids is 1. The van der Waals surface area contributed by atoms with Gasteiger partial charge in [-0.2, -0.15) is 5.10 Å². The summed E-state index contributed by atoms with van der Waals surface area (Å²) < 4.78 is 1.89. The van der Waals surface area contributed by atoms with Crippen LogP contribution in [0.3, 0.4) is 0 Å². The van der Waals surface area contributed by atoms with Crippen LogP contribution < -0.4 is 5.32 Å². The number of anilines is 1. The second kappa shape index (κ2) is 10.8. The van der Waals surface area contributed by atoms with E-state index in [2.05, 4.69) is 15.4 Å². The van der Waals surface area contributed by atoms with E-state index in [9.17, 15) is 14.7 Å². The average Bonchev–Trinajstić information content (AvgIpc) is 3.60. The van der Waals surface area contributed by atoms with Crippen LogP contribution in [-0.2, 0) is 23.1 Å². The maximum atomic E-state index is 12.2. The minimum absolute atomic E-state index is 0.0908. The van der Waals surface area contributed by atoms with Crippen LogP contribution in [-0.4, -0.2) is 79.6 Å². The third-order valence-corrected chi connectivity index (χ3v) is 7.16. The lowest BCUT2D eigenvalue weighted by molar-refractivity contribution is -0.169. The van der Waals surface area contributed by atoms with Crippen molar-refractivity contribution >= 4 is 29.5 Å². The fourth-order valence-electron chi connectivity index (χ4n) is 4.54. The van der Waals surface area contributed by atoms with E-state index in [0.29, 0.717) is 35.4 Å². The first-order chi connectivity index (χ1) is 16.8. The third kappa shape index (κ3) is 6.02. The van der Waals surface area contributed by atoms with Crippen molar-refractivity contribution in [2.45, 2.75) is 57.0 Å². The zero-order chi connectivity index (χ0) is 25.1. The molecule has 0 aliphatic heterocycles. The first-order valence-corrected chi connectivity index (χ1v) is 12.2. The highest BCUT2D eigenvalue weighted by Gasteiger charge is 2.31. The Kier molecular flexibility index (Phi) is 7.75. The normalized spacial score (nSPS) is 19.9. The topological polar surface area (TPSA) is 126 Å². The lowest BCUT2D eigenvalue weighted by Crippen LogP contribution is -2.48. The minimum Gasteiger partial charge on any atom is -0.465 e. The van der Waals surface area contributed by atoms with Crippen LogP contribution in [0.25, 0.3) is 11.3 Å². The molecule has 2 aromatic heterocycles. The molecule has 2 saturated carbocycles. The monoisotopic (exact) mass is 505 g/mol. The molecular weight excluding hydrogens is 474 g/mol. The van der Waals surface area contributed by atoms with Gasteiger partial charge in [0.1, 0.15) is 6.54 Å². The van der Waals surface area contributed by atoms with E-state index in [0.717, 1.165) is 35.6 Å². The highest BCUT2D eigenvalue weighted by molar-refractivity contribution is 6.32. The number of likely N-dealkylation sites (N-methyl/N-ethyl adjacent to an activating group) is 1. The lowest BCUT2D eigenvalue weighted by atomic mass is 9.90. The molecule has 11 nitrogen and oxygen atoms in total. The van der Waals surface area contributed by atoms with Gasteiger partial charge in [-0.25, -0.2) is 19.8 Å². The van der Waals surface area contributed by atoms with Crippen molar-refractivity contribution in [3.63, 3.8) is 0 Å². The fraction of sp³-hybridized carbons (Fsp3) is 0.609. The van der Waals surface area contributed by atoms with E-state index in [1.54, 1.807) is 6.20 Å². The van der Waals surface area contributed by atoms with Crippen LogP contribution in [0.2, 0.25) is 5.02 Å². The molecule has 4 rings (SSSR count). The summed E-state index contributed by atoms with van der Waals surface area (Å²) in [6.07, 6.45) is 8.46. The van der Waals surface area contributed by atoms with Gasteiger partial charge in [0.05, 0.1) is 30.2 Å². The first-order valence-electron chi connectivity index (χ1n) is 11.9. The van der Waals surface area contributed by atoms with Crippen molar-refractivity contribution in [2.75, 3.05) is 26.0 Å². The Bertz CT molecular complexity index is 1070. The number of hydrogen-bond acceptors (Lipinski definition) is 7. The summed E-state index contributed by atoms with van der Waals surface area (Å²) in [7, 11) is 4.77. The Hall–Kier alpha value is -2.92. The molecule has 12 heteroatoms. The van der Waals surface area contributed by atoms with Gasteiger partial charge < -0.3 is 10.4 Å². The number of aryl methyl sites for hydroxylation is 1. The fourth-order valence-corrected chi connectivity index (χ4v) is 4.73. The molecule has 2 N–H and O–H groups in total. The van der Waals surface area contributed by atoms with E-state index in [1.807, 2.05) is 17.9 Å². The van der Waals surface area contributed by atoms with E-state index in [1.165, 1.54) is 31.9 Å². The van der Waals surface area contributed by atoms with E-state index >= 15 is 0 Å². The smallest absolute Gasteiger partial charge is 0.408 e. The Morgan fingerprint density at radius 1 is 1.23 bits per heavy atom. The Morgan fingerprint density at radius 2 is 1.94 bits per heavy atom. The summed E-state index contributed by atoms with van der Waals surface area (Å²) in [6, 6.07) is -0.144. The number of nitrogens with one attached hydrogen (secondary N) is 1. The molecule has 0 atom stereocenters. The van der Waals surface area contributed by atoms with Gasteiger partial charge >= 0.3 is 6.09 Å². The molecule has 0 spiro atoms. The molecule has 0 bridgehead atoms. The Morgan fingerprint density at radius 3 is 2.57 bits per heavy atom. The van der Waals surface area contributed by atoms with Crippen LogP contribution in [0.15, 0.2) is 12.4 Å². The summed E-state index contributed by atoms with van der Waals surface area (Å²) in [5.74, 6) is 0.780. The highest BCUT2D eigenvalue weighted by atomic mass is 35.5. The number of carboxylic acid groups (broad SMARTS) is 1. The second-order valence-corrected chi connectivity index (χ2v) is 9.71. The summed E-state index contributed by atoms with van der Waals surface area (Å²) in [4.78, 5) is 39.1. The SMILES string of the molecule is CON(C)C(=O)CN(C(=O)O)[C@H]1CC[C@H](Nc2ncc(Cl)c(-c3cnn(C)c3CC3CC3)n2)CC1. The maximum absolute atomic E-state index is 12.2. The molecule has 0 radical (unpaired) electrons. The van der Waals surface area contributed by atoms with Crippen LogP contribution >= 0.6 is 11.6 Å². The maximum Gasteiger partial charge on any atom is 0.408 e. The van der Waals surface area contributed by atoms with Gasteiger partial charge in [-0.05, 0) is 50.9 Å². The van der Waals surface area contributed by atoms with Crippen molar-refractivity contribution in [1.29, 1.82) is 0 Å². The molecule has 2 aromatic rings. The van der Waals surface area contributed by atoms with Gasteiger partial charge in [0.25, 0.3) is 5.91 Å². The van der Waals surface area contributed by atoms with Gasteiger partial charge in [0.2, 0.25) is 5.95 Å². The van der Waals surface area contributed by atoms with Crippen molar-refractivity contribution in [2.24, 2.45) is 13.0 Å². The summed E-state index contributed by atoms with van der Waals surface area (Å²) in [6.45, 7) is -0.236. The molecule has 35 heavy (non-hydrogen) atoms. The zero-order valence-corrected chi connectivity index (χ0v) is 21.0. The Labute approximate surface area is 209 Å². The van der Waals surface area contributed by atoms with E-state index in [4.69, 9.17) is 21.4 Å². The largest absolute Gasteiger partial charge is 0.465 e. The van der Waals surface area contributed by atoms with Gasteiger partial charge in [-0.1, -0.05) is 11.6 Å². The van der Waals surface area contributed by atoms with Crippen LogP contribution in [0.4, 0.5) is 10.7 Å². The molecule has 0 aromatic carbocycles. The zero-order valence-electron chi connectivity index (χ0n) is 20.3. The standard InChI is InChI=1S/C23H32ClN7O4/c1-29-19(10-14-4-5-14)17(11-26-29)21-18(24)12-25-22(28-21)27-15-6-8-16(9-7-15)31(23(33)34)13-20(32)30(2)35-3/h11-12,14-16H,4-10,13H2,1-3H3,(H,33,34)(H,25,27,28)/t15-,16-. The number of halogens is 1. The van der Waals surface area contributed by atoms with Gasteiger partial charge in [-0.3, -0.25) is 19.2 Å². The van der Waals surface area contributed by atoms with Gasteiger partial charge in [-0.15, -0.1) is 0 Å². The third-order valence-electron chi connectivity index (χ3n) is 6.89. The number of hydrogen-bond donors (Lipinski definition) is 2. The van der Waals surface area contributed by atoms with Crippen molar-refractivity contribution in [3.8, 4) is 11.3 Å². The molecular formula is C23H32ClN7O4. The Balaban J connectivity index is 1.40. The number of carbonyl (C=O) groups is 2. The second-order valence-electron chi connectivity index (χ2n) is 9.30. The first kappa shape index (κ1) is 25.2. The average molecular weight is 506 g/mol. The molecule has 2 aliphatic rings. The quantitative estimate of drug-likeness (QED) is 0.497. The number of amides is 2. The van der Waals surface area contributed by atoms with Crippen LogP contribution in [0, 0.1) is 5.92 Å². The number of aromatic nitrogens is 4. The van der Waals surface area contributed by atoms with Crippen molar-refractivity contribution < 1.29 is 19.5 Å². The molecule has 2 amide bonds. The van der Waals surface area contributed by atoms with E-state index in [-0.39, 0.29) is 18.6 Å². The lowest BCUT2D eigenvalue weighted by Gasteiger charge is -2.35. The highest BCUT2D eigenvalue weighted by Crippen LogP contribution is 2.37. The molecule has 0 unspecified atom stereocenters. The molecule has 190 valence electrons. The minimum atomic E-state index is -1.11. The summed E-state index contributed by atoms with van der Waals surface area (Å²) in [5.41, 5.74) is 2.72. The van der Waals surface area contributed by atoms with Crippen molar-refractivity contribution in [1.82, 2.24) is 29.7 Å². The molecule has 2 fully saturated rings. The predicted molar refractivity (Wildman–Crippen MR) is 130 cm³/mol. The van der Waals surface area contributed by atoms with Gasteiger partial charge in [0.15, 0.2) is 0 Å². The summed E-state index contributed by atoms with van der Waals surface area (Å²) in [5, 5.41) is 19.0. The molecule has 0 saturated heterocycles. The van der Waals surface area contributed by atoms with Crippen LogP contribution in [0.5, 0.6) is 0 Å². The van der Waals surface area contributed by atoms with Gasteiger partial charge in [0, 0.05) is 37.4 Å². The number of hydroxylamine groups is 2. The predicted octanol–water partition coefficient (Wildman–Crippen LogP) is 3.21. The van der Waals surface area contributed by atoms with Crippen molar-refractivity contribution in [3.05, 3.63) is 23.1 Å². The number of rotatable bonds is 9. The molecule has 2 heterocycles. The summed E-state index contributed by atoms with van der Waals surface area (Å²) >= 11 is 6.47. The van der Waals surface area contributed by atoms with Crippen LogP contribution in [0.1, 0.15) is 44.2 Å². The number of nitrogens with zero attached hydrogens (tertiary/aromatic N) is 6.